The van der Waals surface area contributed by atoms with E-state index in [1.54, 1.807) is 0 Å². The van der Waals surface area contributed by atoms with E-state index < -0.39 is 0 Å². The molecule has 88 valence electrons. The fourth-order valence-corrected chi connectivity index (χ4v) is 2.48. The molecule has 1 aliphatic rings. The maximum atomic E-state index is 4.74. The zero-order valence-corrected chi connectivity index (χ0v) is 10.3. The molecule has 2 heterocycles. The van der Waals surface area contributed by atoms with Gasteiger partial charge in [0.15, 0.2) is 0 Å². The minimum atomic E-state index is 1.05. The molecule has 3 rings (SSSR count). The third kappa shape index (κ3) is 1.99. The minimum absolute atomic E-state index is 1.05. The molecule has 2 aromatic rings. The van der Waals surface area contributed by atoms with Gasteiger partial charge in [0.25, 0.3) is 0 Å². The highest BCUT2D eigenvalue weighted by Crippen LogP contribution is 2.25. The Morgan fingerprint density at radius 3 is 3.06 bits per heavy atom. The minimum Gasteiger partial charge on any atom is -0.370 e. The molecule has 0 spiro atoms. The van der Waals surface area contributed by atoms with Crippen LogP contribution in [0.4, 0.5) is 5.82 Å². The fourth-order valence-electron chi connectivity index (χ4n) is 2.48. The number of hydrogen-bond acceptors (Lipinski definition) is 2. The quantitative estimate of drug-likeness (QED) is 0.804. The van der Waals surface area contributed by atoms with E-state index >= 15 is 0 Å². The Hall–Kier alpha value is -1.57. The second-order valence-corrected chi connectivity index (χ2v) is 4.76. The van der Waals surface area contributed by atoms with E-state index in [2.05, 4.69) is 36.5 Å². The number of anilines is 1. The Bertz CT molecular complexity index is 546. The van der Waals surface area contributed by atoms with Gasteiger partial charge in [-0.1, -0.05) is 13.0 Å². The van der Waals surface area contributed by atoms with Crippen LogP contribution in [0.15, 0.2) is 24.3 Å². The van der Waals surface area contributed by atoms with Gasteiger partial charge >= 0.3 is 0 Å². The molecule has 0 fully saturated rings. The Balaban J connectivity index is 2.15. The monoisotopic (exact) mass is 226 g/mol. The summed E-state index contributed by atoms with van der Waals surface area (Å²) in [5.74, 6) is 1.10. The van der Waals surface area contributed by atoms with Crippen molar-refractivity contribution in [1.82, 2.24) is 4.98 Å². The lowest BCUT2D eigenvalue weighted by Gasteiger charge is -2.09. The molecule has 2 nitrogen and oxygen atoms in total. The van der Waals surface area contributed by atoms with Crippen LogP contribution in [0.3, 0.4) is 0 Å². The average molecular weight is 226 g/mol. The summed E-state index contributed by atoms with van der Waals surface area (Å²) < 4.78 is 0. The van der Waals surface area contributed by atoms with Crippen LogP contribution in [0.5, 0.6) is 0 Å². The van der Waals surface area contributed by atoms with E-state index in [9.17, 15) is 0 Å². The molecule has 0 saturated heterocycles. The van der Waals surface area contributed by atoms with E-state index in [-0.39, 0.29) is 0 Å². The molecule has 1 aromatic carbocycles. The van der Waals surface area contributed by atoms with E-state index in [0.717, 1.165) is 30.7 Å². The van der Waals surface area contributed by atoms with E-state index in [1.165, 1.54) is 29.4 Å². The van der Waals surface area contributed by atoms with Crippen molar-refractivity contribution >= 4 is 16.7 Å². The van der Waals surface area contributed by atoms with Crippen molar-refractivity contribution in [2.24, 2.45) is 0 Å². The highest BCUT2D eigenvalue weighted by atomic mass is 15.0. The summed E-state index contributed by atoms with van der Waals surface area (Å²) in [6.07, 6.45) is 4.75. The zero-order chi connectivity index (χ0) is 11.7. The molecule has 0 aliphatic carbocycles. The van der Waals surface area contributed by atoms with Gasteiger partial charge in [-0.25, -0.2) is 4.98 Å². The van der Waals surface area contributed by atoms with Crippen molar-refractivity contribution in [3.63, 3.8) is 0 Å². The average Bonchev–Trinajstić information content (AvgIpc) is 2.60. The highest BCUT2D eigenvalue weighted by molar-refractivity contribution is 5.82. The maximum absolute atomic E-state index is 4.74. The van der Waals surface area contributed by atoms with Crippen LogP contribution in [0.1, 0.15) is 30.9 Å². The molecule has 0 radical (unpaired) electrons. The van der Waals surface area contributed by atoms with E-state index in [0.29, 0.717) is 0 Å². The van der Waals surface area contributed by atoms with Crippen LogP contribution in [-0.4, -0.2) is 11.5 Å². The highest BCUT2D eigenvalue weighted by Gasteiger charge is 2.10. The molecular weight excluding hydrogens is 208 g/mol. The van der Waals surface area contributed by atoms with Crippen LogP contribution >= 0.6 is 0 Å². The second-order valence-electron chi connectivity index (χ2n) is 4.76. The maximum Gasteiger partial charge on any atom is 0.129 e. The van der Waals surface area contributed by atoms with Gasteiger partial charge in [0, 0.05) is 11.9 Å². The summed E-state index contributed by atoms with van der Waals surface area (Å²) in [6.45, 7) is 3.25. The number of aromatic nitrogens is 1. The van der Waals surface area contributed by atoms with Crippen LogP contribution in [0.2, 0.25) is 0 Å². The van der Waals surface area contributed by atoms with Crippen molar-refractivity contribution < 1.29 is 0 Å². The number of nitrogens with one attached hydrogen (secondary N) is 1. The molecule has 1 aromatic heterocycles. The summed E-state index contributed by atoms with van der Waals surface area (Å²) in [5.41, 5.74) is 3.87. The Labute approximate surface area is 102 Å². The fraction of sp³-hybridized carbons (Fsp3) is 0.400. The number of fused-ring (bicyclic) bond motifs is 2. The molecule has 17 heavy (non-hydrogen) atoms. The first kappa shape index (κ1) is 10.6. The lowest BCUT2D eigenvalue weighted by molar-refractivity contribution is 0.786. The SMILES string of the molecule is CCc1ccc2nc3c(cc2c1)CCCCN3. The Morgan fingerprint density at radius 1 is 1.24 bits per heavy atom. The lowest BCUT2D eigenvalue weighted by atomic mass is 10.0. The number of benzene rings is 1. The normalized spacial score (nSPS) is 15.1. The van der Waals surface area contributed by atoms with Crippen LogP contribution < -0.4 is 5.32 Å². The number of aryl methyl sites for hydroxylation is 2. The van der Waals surface area contributed by atoms with Crippen molar-refractivity contribution in [2.75, 3.05) is 11.9 Å². The number of nitrogens with zero attached hydrogens (tertiary/aromatic N) is 1. The molecular formula is C15H18N2. The van der Waals surface area contributed by atoms with Gasteiger partial charge in [-0.15, -0.1) is 0 Å². The predicted octanol–water partition coefficient (Wildman–Crippen LogP) is 3.55. The molecule has 2 heteroatoms. The van der Waals surface area contributed by atoms with Gasteiger partial charge < -0.3 is 5.32 Å². The summed E-state index contributed by atoms with van der Waals surface area (Å²) in [7, 11) is 0. The second kappa shape index (κ2) is 4.36. The first-order valence-corrected chi connectivity index (χ1v) is 6.53. The molecule has 0 atom stereocenters. The van der Waals surface area contributed by atoms with E-state index in [4.69, 9.17) is 4.98 Å². The largest absolute Gasteiger partial charge is 0.370 e. The van der Waals surface area contributed by atoms with E-state index in [1.807, 2.05) is 0 Å². The third-order valence-corrected chi connectivity index (χ3v) is 3.53. The first-order valence-electron chi connectivity index (χ1n) is 6.53. The number of hydrogen-bond donors (Lipinski definition) is 1. The van der Waals surface area contributed by atoms with Crippen molar-refractivity contribution in [3.05, 3.63) is 35.4 Å². The molecule has 0 unspecified atom stereocenters. The Morgan fingerprint density at radius 2 is 2.18 bits per heavy atom. The number of pyridine rings is 1. The summed E-state index contributed by atoms with van der Waals surface area (Å²) in [5, 5.41) is 4.72. The van der Waals surface area contributed by atoms with Gasteiger partial charge in [0.05, 0.1) is 5.52 Å². The summed E-state index contributed by atoms with van der Waals surface area (Å²) in [4.78, 5) is 4.74. The van der Waals surface area contributed by atoms with Gasteiger partial charge in [-0.3, -0.25) is 0 Å². The van der Waals surface area contributed by atoms with Gasteiger partial charge in [0.1, 0.15) is 5.82 Å². The lowest BCUT2D eigenvalue weighted by Crippen LogP contribution is -2.02. The molecule has 0 saturated carbocycles. The summed E-state index contributed by atoms with van der Waals surface area (Å²) >= 11 is 0. The van der Waals surface area contributed by atoms with Crippen LogP contribution in [0.25, 0.3) is 10.9 Å². The molecule has 1 N–H and O–H groups in total. The topological polar surface area (TPSA) is 24.9 Å². The first-order chi connectivity index (χ1) is 8.36. The smallest absolute Gasteiger partial charge is 0.129 e. The standard InChI is InChI=1S/C15H18N2/c1-2-11-6-7-14-13(9-11)10-12-5-3-4-8-16-15(12)17-14/h6-7,9-10H,2-5,8H2,1H3,(H,16,17). The molecule has 0 bridgehead atoms. The molecule has 1 aliphatic heterocycles. The zero-order valence-electron chi connectivity index (χ0n) is 10.3. The molecule has 0 amide bonds. The number of rotatable bonds is 1. The Kier molecular flexibility index (Phi) is 2.71. The van der Waals surface area contributed by atoms with Crippen molar-refractivity contribution in [3.8, 4) is 0 Å². The van der Waals surface area contributed by atoms with Crippen molar-refractivity contribution in [2.45, 2.75) is 32.6 Å². The van der Waals surface area contributed by atoms with Gasteiger partial charge in [-0.2, -0.15) is 0 Å². The van der Waals surface area contributed by atoms with Crippen molar-refractivity contribution in [1.29, 1.82) is 0 Å². The van der Waals surface area contributed by atoms with Crippen LogP contribution in [-0.2, 0) is 12.8 Å². The summed E-state index contributed by atoms with van der Waals surface area (Å²) in [6, 6.07) is 8.90. The third-order valence-electron chi connectivity index (χ3n) is 3.53. The van der Waals surface area contributed by atoms with Crippen LogP contribution in [0, 0.1) is 0 Å². The van der Waals surface area contributed by atoms with Gasteiger partial charge in [0.2, 0.25) is 0 Å². The predicted molar refractivity (Wildman–Crippen MR) is 72.5 cm³/mol. The van der Waals surface area contributed by atoms with Gasteiger partial charge in [-0.05, 0) is 55.0 Å².